The minimum absolute atomic E-state index is 0.0989. The van der Waals surface area contributed by atoms with Gasteiger partial charge in [-0.2, -0.15) is 0 Å². The maximum absolute atomic E-state index is 13.3. The number of hydrogen-bond donors (Lipinski definition) is 1. The summed E-state index contributed by atoms with van der Waals surface area (Å²) in [5.41, 5.74) is 1.38. The van der Waals surface area contributed by atoms with Crippen molar-refractivity contribution >= 4 is 21.6 Å². The summed E-state index contributed by atoms with van der Waals surface area (Å²) >= 11 is 0. The van der Waals surface area contributed by atoms with Crippen molar-refractivity contribution in [3.8, 4) is 5.75 Å². The molecule has 1 amide bonds. The van der Waals surface area contributed by atoms with Crippen LogP contribution < -0.4 is 14.4 Å². The van der Waals surface area contributed by atoms with Crippen LogP contribution in [0.5, 0.6) is 5.75 Å². The normalized spacial score (nSPS) is 11.0. The summed E-state index contributed by atoms with van der Waals surface area (Å²) in [7, 11) is -2.46. The summed E-state index contributed by atoms with van der Waals surface area (Å²) in [4.78, 5) is 12.7. The van der Waals surface area contributed by atoms with Crippen LogP contribution in [0.1, 0.15) is 5.56 Å². The van der Waals surface area contributed by atoms with Crippen LogP contribution in [0, 0.1) is 0 Å². The number of carbonyl (C=O) groups excluding carboxylic acids is 1. The number of anilines is 1. The van der Waals surface area contributed by atoms with Crippen molar-refractivity contribution < 1.29 is 22.7 Å². The van der Waals surface area contributed by atoms with Crippen LogP contribution in [0.25, 0.3) is 0 Å². The number of methoxy groups -OCH3 is 1. The fourth-order valence-electron chi connectivity index (χ4n) is 3.01. The Balaban J connectivity index is 1.66. The average Bonchev–Trinajstić information content (AvgIpc) is 2.83. The third kappa shape index (κ3) is 6.32. The minimum atomic E-state index is -3.96. The summed E-state index contributed by atoms with van der Waals surface area (Å²) in [6.45, 7) is 0.645. The van der Waals surface area contributed by atoms with Gasteiger partial charge in [-0.15, -0.1) is 0 Å². The number of rotatable bonds is 11. The second-order valence-electron chi connectivity index (χ2n) is 6.91. The van der Waals surface area contributed by atoms with Crippen molar-refractivity contribution in [1.29, 1.82) is 0 Å². The van der Waals surface area contributed by atoms with Crippen LogP contribution in [0.4, 0.5) is 5.69 Å². The van der Waals surface area contributed by atoms with E-state index in [2.05, 4.69) is 5.32 Å². The predicted molar refractivity (Wildman–Crippen MR) is 123 cm³/mol. The zero-order valence-corrected chi connectivity index (χ0v) is 18.6. The van der Waals surface area contributed by atoms with Crippen molar-refractivity contribution in [1.82, 2.24) is 5.32 Å². The molecule has 0 spiro atoms. The van der Waals surface area contributed by atoms with E-state index in [1.807, 2.05) is 30.3 Å². The lowest BCUT2D eigenvalue weighted by Gasteiger charge is -2.24. The summed E-state index contributed by atoms with van der Waals surface area (Å²) in [6.07, 6.45) is 0. The summed E-state index contributed by atoms with van der Waals surface area (Å²) in [5, 5.41) is 2.72. The summed E-state index contributed by atoms with van der Waals surface area (Å²) in [5.74, 6) is 0.0566. The van der Waals surface area contributed by atoms with Crippen LogP contribution in [-0.2, 0) is 26.2 Å². The Kier molecular flexibility index (Phi) is 8.24. The molecular formula is C24H26N2O5S. The molecule has 1 N–H and O–H groups in total. The first-order valence-electron chi connectivity index (χ1n) is 10.1. The molecule has 0 aliphatic carbocycles. The largest absolute Gasteiger partial charge is 0.497 e. The second-order valence-corrected chi connectivity index (χ2v) is 8.78. The monoisotopic (exact) mass is 454 g/mol. The smallest absolute Gasteiger partial charge is 0.264 e. The third-order valence-corrected chi connectivity index (χ3v) is 6.43. The predicted octanol–water partition coefficient (Wildman–Crippen LogP) is 3.22. The molecule has 0 aliphatic rings. The van der Waals surface area contributed by atoms with E-state index < -0.39 is 15.9 Å². The first-order chi connectivity index (χ1) is 15.5. The SMILES string of the molecule is COc1cccc(N(CC(=O)NCCOCc2ccccc2)S(=O)(=O)c2ccccc2)c1. The highest BCUT2D eigenvalue weighted by Crippen LogP contribution is 2.26. The topological polar surface area (TPSA) is 84.9 Å². The van der Waals surface area contributed by atoms with E-state index in [0.29, 0.717) is 24.7 Å². The molecule has 32 heavy (non-hydrogen) atoms. The molecule has 3 aromatic rings. The number of nitrogens with zero attached hydrogens (tertiary/aromatic N) is 1. The molecule has 0 radical (unpaired) electrons. The Bertz CT molecular complexity index is 1110. The number of nitrogens with one attached hydrogen (secondary N) is 1. The van der Waals surface area contributed by atoms with Crippen LogP contribution in [0.15, 0.2) is 89.8 Å². The van der Waals surface area contributed by atoms with Crippen molar-refractivity contribution in [2.75, 3.05) is 31.1 Å². The molecule has 0 saturated heterocycles. The van der Waals surface area contributed by atoms with Crippen molar-refractivity contribution in [3.63, 3.8) is 0 Å². The van der Waals surface area contributed by atoms with Crippen molar-refractivity contribution in [3.05, 3.63) is 90.5 Å². The van der Waals surface area contributed by atoms with Crippen LogP contribution in [-0.4, -0.2) is 41.1 Å². The van der Waals surface area contributed by atoms with Gasteiger partial charge in [0.05, 0.1) is 30.9 Å². The number of hydrogen-bond acceptors (Lipinski definition) is 5. The van der Waals surface area contributed by atoms with Gasteiger partial charge >= 0.3 is 0 Å². The Morgan fingerprint density at radius 3 is 2.31 bits per heavy atom. The van der Waals surface area contributed by atoms with E-state index in [0.717, 1.165) is 9.87 Å². The standard InChI is InChI=1S/C24H26N2O5S/c1-30-22-12-8-11-21(17-22)26(32(28,29)23-13-6-3-7-14-23)18-24(27)25-15-16-31-19-20-9-4-2-5-10-20/h2-14,17H,15-16,18-19H2,1H3,(H,25,27). The highest BCUT2D eigenvalue weighted by molar-refractivity contribution is 7.92. The lowest BCUT2D eigenvalue weighted by molar-refractivity contribution is -0.119. The van der Waals surface area contributed by atoms with Gasteiger partial charge in [0.15, 0.2) is 0 Å². The highest BCUT2D eigenvalue weighted by Gasteiger charge is 2.27. The maximum atomic E-state index is 13.3. The lowest BCUT2D eigenvalue weighted by Crippen LogP contribution is -2.41. The van der Waals surface area contributed by atoms with E-state index in [9.17, 15) is 13.2 Å². The molecular weight excluding hydrogens is 428 g/mol. The number of sulfonamides is 1. The molecule has 3 rings (SSSR count). The zero-order chi connectivity index (χ0) is 22.8. The van der Waals surface area contributed by atoms with Gasteiger partial charge in [-0.3, -0.25) is 9.10 Å². The Labute approximate surface area is 188 Å². The highest BCUT2D eigenvalue weighted by atomic mass is 32.2. The molecule has 0 bridgehead atoms. The molecule has 0 heterocycles. The van der Waals surface area contributed by atoms with E-state index in [-0.39, 0.29) is 18.0 Å². The first-order valence-corrected chi connectivity index (χ1v) is 11.5. The molecule has 0 atom stereocenters. The molecule has 3 aromatic carbocycles. The molecule has 0 saturated carbocycles. The number of amides is 1. The van der Waals surface area contributed by atoms with Gasteiger partial charge in [-0.05, 0) is 29.8 Å². The Morgan fingerprint density at radius 2 is 1.62 bits per heavy atom. The van der Waals surface area contributed by atoms with E-state index in [1.165, 1.54) is 19.2 Å². The van der Waals surface area contributed by atoms with Gasteiger partial charge in [0.1, 0.15) is 12.3 Å². The molecule has 7 nitrogen and oxygen atoms in total. The van der Waals surface area contributed by atoms with Gasteiger partial charge in [0.25, 0.3) is 10.0 Å². The van der Waals surface area contributed by atoms with Crippen LogP contribution in [0.2, 0.25) is 0 Å². The fourth-order valence-corrected chi connectivity index (χ4v) is 4.45. The first kappa shape index (κ1) is 23.3. The Hall–Kier alpha value is -3.36. The molecule has 0 aromatic heterocycles. The fraction of sp³-hybridized carbons (Fsp3) is 0.208. The van der Waals surface area contributed by atoms with Crippen LogP contribution in [0.3, 0.4) is 0 Å². The number of carbonyl (C=O) groups is 1. The number of ether oxygens (including phenoxy) is 2. The van der Waals surface area contributed by atoms with Gasteiger partial charge in [0.2, 0.25) is 5.91 Å². The van der Waals surface area contributed by atoms with Crippen molar-refractivity contribution in [2.45, 2.75) is 11.5 Å². The van der Waals surface area contributed by atoms with E-state index >= 15 is 0 Å². The molecule has 0 fully saturated rings. The second kappa shape index (κ2) is 11.3. The Morgan fingerprint density at radius 1 is 0.938 bits per heavy atom. The molecule has 168 valence electrons. The van der Waals surface area contributed by atoms with Gasteiger partial charge in [0, 0.05) is 12.6 Å². The third-order valence-electron chi connectivity index (χ3n) is 4.64. The lowest BCUT2D eigenvalue weighted by atomic mass is 10.2. The van der Waals surface area contributed by atoms with Crippen LogP contribution >= 0.6 is 0 Å². The quantitative estimate of drug-likeness (QED) is 0.450. The van der Waals surface area contributed by atoms with Gasteiger partial charge in [-0.1, -0.05) is 54.6 Å². The summed E-state index contributed by atoms with van der Waals surface area (Å²) in [6, 6.07) is 24.3. The van der Waals surface area contributed by atoms with Gasteiger partial charge < -0.3 is 14.8 Å². The molecule has 8 heteroatoms. The van der Waals surface area contributed by atoms with Gasteiger partial charge in [-0.25, -0.2) is 8.42 Å². The number of benzene rings is 3. The molecule has 0 unspecified atom stereocenters. The zero-order valence-electron chi connectivity index (χ0n) is 17.8. The van der Waals surface area contributed by atoms with E-state index in [1.54, 1.807) is 42.5 Å². The van der Waals surface area contributed by atoms with E-state index in [4.69, 9.17) is 9.47 Å². The maximum Gasteiger partial charge on any atom is 0.264 e. The average molecular weight is 455 g/mol. The minimum Gasteiger partial charge on any atom is -0.497 e. The molecule has 0 aliphatic heterocycles. The van der Waals surface area contributed by atoms with Crippen molar-refractivity contribution in [2.24, 2.45) is 0 Å². The summed E-state index contributed by atoms with van der Waals surface area (Å²) < 4.78 is 38.4.